The van der Waals surface area contributed by atoms with E-state index < -0.39 is 0 Å². The lowest BCUT2D eigenvalue weighted by Crippen LogP contribution is -2.32. The summed E-state index contributed by atoms with van der Waals surface area (Å²) in [5.41, 5.74) is 3.75. The predicted octanol–water partition coefficient (Wildman–Crippen LogP) is 3.27. The molecular formula is C17H26O2. The van der Waals surface area contributed by atoms with Crippen molar-refractivity contribution < 1.29 is 9.84 Å². The smallest absolute Gasteiger partial charge is 0.0636 e. The summed E-state index contributed by atoms with van der Waals surface area (Å²) in [6.07, 6.45) is 0.786. The molecule has 1 heterocycles. The highest BCUT2D eigenvalue weighted by Gasteiger charge is 2.40. The molecule has 1 fully saturated rings. The van der Waals surface area contributed by atoms with Crippen LogP contribution in [0.15, 0.2) is 18.2 Å². The van der Waals surface area contributed by atoms with Gasteiger partial charge in [0.2, 0.25) is 0 Å². The second kappa shape index (κ2) is 5.64. The van der Waals surface area contributed by atoms with Crippen molar-refractivity contribution in [1.29, 1.82) is 0 Å². The molecule has 2 heteroatoms. The average Bonchev–Trinajstić information content (AvgIpc) is 2.51. The minimum Gasteiger partial charge on any atom is -0.392 e. The Hall–Kier alpha value is -0.860. The number of aryl methyl sites for hydroxylation is 2. The number of aliphatic hydroxyl groups is 1. The van der Waals surface area contributed by atoms with E-state index in [4.69, 9.17) is 4.74 Å². The van der Waals surface area contributed by atoms with E-state index in [9.17, 15) is 5.11 Å². The van der Waals surface area contributed by atoms with Gasteiger partial charge in [-0.1, -0.05) is 36.2 Å². The minimum absolute atomic E-state index is 0.144. The topological polar surface area (TPSA) is 29.5 Å². The molecule has 2 nitrogen and oxygen atoms in total. The second-order valence-corrected chi connectivity index (χ2v) is 6.25. The Balaban J connectivity index is 2.10. The molecule has 5 unspecified atom stereocenters. The molecule has 0 aliphatic carbocycles. The zero-order chi connectivity index (χ0) is 14.2. The highest BCUT2D eigenvalue weighted by Crippen LogP contribution is 2.35. The molecule has 0 radical (unpaired) electrons. The summed E-state index contributed by atoms with van der Waals surface area (Å²) in [5, 5.41) is 10.6. The van der Waals surface area contributed by atoms with Crippen molar-refractivity contribution in [2.24, 2.45) is 11.8 Å². The normalized spacial score (nSPS) is 32.5. The van der Waals surface area contributed by atoms with Crippen molar-refractivity contribution >= 4 is 0 Å². The van der Waals surface area contributed by atoms with Gasteiger partial charge in [-0.05, 0) is 45.6 Å². The van der Waals surface area contributed by atoms with E-state index in [-0.39, 0.29) is 24.2 Å². The predicted molar refractivity (Wildman–Crippen MR) is 78.3 cm³/mol. The van der Waals surface area contributed by atoms with E-state index >= 15 is 0 Å². The summed E-state index contributed by atoms with van der Waals surface area (Å²) in [6, 6.07) is 6.51. The Morgan fingerprint density at radius 2 is 1.63 bits per heavy atom. The third-order valence-electron chi connectivity index (χ3n) is 4.49. The lowest BCUT2D eigenvalue weighted by atomic mass is 9.82. The van der Waals surface area contributed by atoms with Gasteiger partial charge in [0.05, 0.1) is 18.3 Å². The quantitative estimate of drug-likeness (QED) is 0.906. The fraction of sp³-hybridized carbons (Fsp3) is 0.647. The van der Waals surface area contributed by atoms with Crippen LogP contribution in [0.2, 0.25) is 0 Å². The van der Waals surface area contributed by atoms with Crippen molar-refractivity contribution in [3.63, 3.8) is 0 Å². The van der Waals surface area contributed by atoms with E-state index in [1.165, 1.54) is 16.7 Å². The molecule has 1 aliphatic heterocycles. The standard InChI is InChI=1S/C17H26O2/c1-10-6-11(2)8-15(7-10)9-16(18)17-12(3)13(4)19-14(17)5/h6-8,12-14,16-18H,9H2,1-5H3. The first-order chi connectivity index (χ1) is 8.88. The molecule has 1 N–H and O–H groups in total. The lowest BCUT2D eigenvalue weighted by molar-refractivity contribution is 0.0240. The van der Waals surface area contributed by atoms with Gasteiger partial charge < -0.3 is 9.84 Å². The molecule has 2 rings (SSSR count). The molecule has 0 spiro atoms. The molecule has 5 atom stereocenters. The van der Waals surface area contributed by atoms with Crippen LogP contribution in [-0.4, -0.2) is 23.4 Å². The Kier molecular flexibility index (Phi) is 4.32. The van der Waals surface area contributed by atoms with Crippen molar-refractivity contribution in [2.75, 3.05) is 0 Å². The maximum Gasteiger partial charge on any atom is 0.0636 e. The number of rotatable bonds is 3. The maximum atomic E-state index is 10.6. The van der Waals surface area contributed by atoms with Gasteiger partial charge >= 0.3 is 0 Å². The first kappa shape index (κ1) is 14.5. The summed E-state index contributed by atoms with van der Waals surface area (Å²) >= 11 is 0. The summed E-state index contributed by atoms with van der Waals surface area (Å²) in [7, 11) is 0. The monoisotopic (exact) mass is 262 g/mol. The van der Waals surface area contributed by atoms with Crippen LogP contribution in [0.4, 0.5) is 0 Å². The van der Waals surface area contributed by atoms with Gasteiger partial charge in [-0.3, -0.25) is 0 Å². The van der Waals surface area contributed by atoms with E-state index in [2.05, 4.69) is 52.8 Å². The minimum atomic E-state index is -0.323. The van der Waals surface area contributed by atoms with Gasteiger partial charge in [-0.15, -0.1) is 0 Å². The molecule has 0 saturated carbocycles. The molecule has 0 amide bonds. The molecule has 106 valence electrons. The van der Waals surface area contributed by atoms with Gasteiger partial charge in [0.25, 0.3) is 0 Å². The van der Waals surface area contributed by atoms with E-state index in [0.29, 0.717) is 5.92 Å². The Bertz CT molecular complexity index is 421. The number of benzene rings is 1. The van der Waals surface area contributed by atoms with E-state index in [0.717, 1.165) is 6.42 Å². The van der Waals surface area contributed by atoms with Crippen molar-refractivity contribution in [3.8, 4) is 0 Å². The fourth-order valence-electron chi connectivity index (χ4n) is 3.52. The van der Waals surface area contributed by atoms with Crippen LogP contribution >= 0.6 is 0 Å². The zero-order valence-corrected chi connectivity index (χ0v) is 12.7. The lowest BCUT2D eigenvalue weighted by Gasteiger charge is -2.25. The highest BCUT2D eigenvalue weighted by molar-refractivity contribution is 5.29. The Labute approximate surface area is 116 Å². The van der Waals surface area contributed by atoms with Crippen LogP contribution in [-0.2, 0) is 11.2 Å². The Morgan fingerprint density at radius 3 is 2.11 bits per heavy atom. The van der Waals surface area contributed by atoms with Crippen LogP contribution in [0.25, 0.3) is 0 Å². The van der Waals surface area contributed by atoms with Gasteiger partial charge in [0.1, 0.15) is 0 Å². The first-order valence-corrected chi connectivity index (χ1v) is 7.29. The van der Waals surface area contributed by atoms with Crippen LogP contribution < -0.4 is 0 Å². The molecular weight excluding hydrogens is 236 g/mol. The molecule has 1 aromatic carbocycles. The van der Waals surface area contributed by atoms with Crippen molar-refractivity contribution in [1.82, 2.24) is 0 Å². The summed E-state index contributed by atoms with van der Waals surface area (Å²) in [4.78, 5) is 0. The van der Waals surface area contributed by atoms with Crippen LogP contribution in [0, 0.1) is 25.7 Å². The third-order valence-corrected chi connectivity index (χ3v) is 4.49. The summed E-state index contributed by atoms with van der Waals surface area (Å²) in [5.74, 6) is 0.645. The van der Waals surface area contributed by atoms with Gasteiger partial charge in [-0.2, -0.15) is 0 Å². The molecule has 0 bridgehead atoms. The van der Waals surface area contributed by atoms with Crippen LogP contribution in [0.3, 0.4) is 0 Å². The summed E-state index contributed by atoms with van der Waals surface area (Å²) < 4.78 is 5.83. The number of hydrogen-bond donors (Lipinski definition) is 1. The number of hydrogen-bond acceptors (Lipinski definition) is 2. The number of aliphatic hydroxyl groups excluding tert-OH is 1. The van der Waals surface area contributed by atoms with E-state index in [1.807, 2.05) is 0 Å². The van der Waals surface area contributed by atoms with Crippen LogP contribution in [0.1, 0.15) is 37.5 Å². The average molecular weight is 262 g/mol. The maximum absolute atomic E-state index is 10.6. The van der Waals surface area contributed by atoms with Gasteiger partial charge in [0.15, 0.2) is 0 Å². The molecule has 1 aliphatic rings. The molecule has 0 aromatic heterocycles. The van der Waals surface area contributed by atoms with Crippen molar-refractivity contribution in [2.45, 2.75) is 59.4 Å². The largest absolute Gasteiger partial charge is 0.392 e. The SMILES string of the molecule is Cc1cc(C)cc(CC(O)C2C(C)OC(C)C2C)c1. The zero-order valence-electron chi connectivity index (χ0n) is 12.7. The fourth-order valence-corrected chi connectivity index (χ4v) is 3.52. The molecule has 19 heavy (non-hydrogen) atoms. The van der Waals surface area contributed by atoms with Crippen molar-refractivity contribution in [3.05, 3.63) is 34.9 Å². The van der Waals surface area contributed by atoms with Gasteiger partial charge in [-0.25, -0.2) is 0 Å². The number of ether oxygens (including phenoxy) is 1. The summed E-state index contributed by atoms with van der Waals surface area (Å²) in [6.45, 7) is 10.6. The Morgan fingerprint density at radius 1 is 1.05 bits per heavy atom. The van der Waals surface area contributed by atoms with Gasteiger partial charge in [0, 0.05) is 5.92 Å². The molecule has 1 saturated heterocycles. The second-order valence-electron chi connectivity index (χ2n) is 6.25. The van der Waals surface area contributed by atoms with Crippen LogP contribution in [0.5, 0.6) is 0 Å². The third kappa shape index (κ3) is 3.18. The van der Waals surface area contributed by atoms with E-state index in [1.54, 1.807) is 0 Å². The first-order valence-electron chi connectivity index (χ1n) is 7.29. The molecule has 1 aromatic rings. The highest BCUT2D eigenvalue weighted by atomic mass is 16.5.